The fourth-order valence-corrected chi connectivity index (χ4v) is 3.19. The fraction of sp³-hybridized carbons (Fsp3) is 0.231. The van der Waals surface area contributed by atoms with Gasteiger partial charge < -0.3 is 14.8 Å². The zero-order valence-corrected chi connectivity index (χ0v) is 17.6. The molecule has 1 unspecified atom stereocenters. The van der Waals surface area contributed by atoms with Crippen molar-refractivity contribution in [2.24, 2.45) is 0 Å². The van der Waals surface area contributed by atoms with E-state index in [9.17, 15) is 9.59 Å². The Balaban J connectivity index is 1.62. The van der Waals surface area contributed by atoms with Crippen molar-refractivity contribution in [1.29, 1.82) is 0 Å². The van der Waals surface area contributed by atoms with E-state index in [2.05, 4.69) is 17.4 Å². The molecule has 0 bridgehead atoms. The minimum absolute atomic E-state index is 0.255. The Labute approximate surface area is 183 Å². The summed E-state index contributed by atoms with van der Waals surface area (Å²) in [6, 6.07) is 25.8. The third-order valence-corrected chi connectivity index (χ3v) is 4.76. The molecule has 1 amide bonds. The van der Waals surface area contributed by atoms with Gasteiger partial charge in [-0.3, -0.25) is 4.79 Å². The molecular weight excluding hydrogens is 390 g/mol. The van der Waals surface area contributed by atoms with Gasteiger partial charge in [-0.2, -0.15) is 0 Å². The van der Waals surface area contributed by atoms with Gasteiger partial charge in [0.1, 0.15) is 11.8 Å². The predicted molar refractivity (Wildman–Crippen MR) is 120 cm³/mol. The molecule has 31 heavy (non-hydrogen) atoms. The minimum atomic E-state index is -0.766. The van der Waals surface area contributed by atoms with Crippen molar-refractivity contribution in [3.05, 3.63) is 102 Å². The van der Waals surface area contributed by atoms with Gasteiger partial charge >= 0.3 is 5.97 Å². The van der Waals surface area contributed by atoms with Gasteiger partial charge in [0.05, 0.1) is 13.2 Å². The van der Waals surface area contributed by atoms with E-state index in [1.807, 2.05) is 54.6 Å². The van der Waals surface area contributed by atoms with Crippen molar-refractivity contribution in [2.75, 3.05) is 13.2 Å². The number of hydrogen-bond donors (Lipinski definition) is 1. The molecule has 0 aliphatic rings. The molecule has 1 atom stereocenters. The van der Waals surface area contributed by atoms with Crippen LogP contribution in [0.4, 0.5) is 0 Å². The number of benzene rings is 3. The summed E-state index contributed by atoms with van der Waals surface area (Å²) < 4.78 is 11.0. The maximum Gasteiger partial charge on any atom is 0.328 e. The number of esters is 1. The standard InChI is InChI=1S/C26H27NO4/c1-2-30-26(29)24(18-21-12-7-4-8-13-21)27-25(28)22-14-9-15-23(19-22)31-17-16-20-10-5-3-6-11-20/h3-15,19,24H,2,16-18H2,1H3,(H,27,28). The maximum absolute atomic E-state index is 12.8. The maximum atomic E-state index is 12.8. The van der Waals surface area contributed by atoms with Gasteiger partial charge in [0.2, 0.25) is 0 Å². The first kappa shape index (κ1) is 22.1. The molecule has 0 saturated heterocycles. The van der Waals surface area contributed by atoms with Crippen LogP contribution < -0.4 is 10.1 Å². The van der Waals surface area contributed by atoms with Gasteiger partial charge in [-0.15, -0.1) is 0 Å². The highest BCUT2D eigenvalue weighted by Gasteiger charge is 2.23. The molecule has 0 fully saturated rings. The van der Waals surface area contributed by atoms with E-state index in [1.54, 1.807) is 25.1 Å². The summed E-state index contributed by atoms with van der Waals surface area (Å²) in [6.07, 6.45) is 1.14. The van der Waals surface area contributed by atoms with Crippen molar-refractivity contribution >= 4 is 11.9 Å². The van der Waals surface area contributed by atoms with E-state index in [0.717, 1.165) is 12.0 Å². The van der Waals surface area contributed by atoms with Gasteiger partial charge in [0.15, 0.2) is 0 Å². The molecule has 5 heteroatoms. The van der Waals surface area contributed by atoms with E-state index in [4.69, 9.17) is 9.47 Å². The second-order valence-electron chi connectivity index (χ2n) is 7.08. The molecule has 3 rings (SSSR count). The van der Waals surface area contributed by atoms with E-state index in [1.165, 1.54) is 5.56 Å². The largest absolute Gasteiger partial charge is 0.493 e. The number of amides is 1. The zero-order chi connectivity index (χ0) is 21.9. The molecule has 0 aromatic heterocycles. The Morgan fingerprint density at radius 1 is 0.871 bits per heavy atom. The molecule has 0 spiro atoms. The van der Waals surface area contributed by atoms with Gasteiger partial charge in [-0.25, -0.2) is 4.79 Å². The first-order valence-corrected chi connectivity index (χ1v) is 10.4. The number of rotatable bonds is 10. The molecule has 3 aromatic rings. The lowest BCUT2D eigenvalue weighted by atomic mass is 10.1. The van der Waals surface area contributed by atoms with Crippen LogP contribution in [-0.4, -0.2) is 31.1 Å². The highest BCUT2D eigenvalue weighted by molar-refractivity contribution is 5.97. The van der Waals surface area contributed by atoms with Crippen LogP contribution in [0, 0.1) is 0 Å². The van der Waals surface area contributed by atoms with E-state index in [0.29, 0.717) is 24.3 Å². The SMILES string of the molecule is CCOC(=O)C(Cc1ccccc1)NC(=O)c1cccc(OCCc2ccccc2)c1. The molecule has 0 saturated carbocycles. The summed E-state index contributed by atoms with van der Waals surface area (Å²) in [4.78, 5) is 25.2. The van der Waals surface area contributed by atoms with E-state index >= 15 is 0 Å². The van der Waals surface area contributed by atoms with Crippen LogP contribution in [0.3, 0.4) is 0 Å². The van der Waals surface area contributed by atoms with Crippen LogP contribution in [0.5, 0.6) is 5.75 Å². The lowest BCUT2D eigenvalue weighted by Crippen LogP contribution is -2.43. The van der Waals surface area contributed by atoms with Crippen molar-refractivity contribution in [3.63, 3.8) is 0 Å². The summed E-state index contributed by atoms with van der Waals surface area (Å²) in [5.41, 5.74) is 2.56. The summed E-state index contributed by atoms with van der Waals surface area (Å²) in [6.45, 7) is 2.51. The molecule has 0 radical (unpaired) electrons. The van der Waals surface area contributed by atoms with Crippen molar-refractivity contribution in [3.8, 4) is 5.75 Å². The normalized spacial score (nSPS) is 11.4. The first-order chi connectivity index (χ1) is 15.2. The van der Waals surface area contributed by atoms with Crippen LogP contribution in [-0.2, 0) is 22.4 Å². The summed E-state index contributed by atoms with van der Waals surface area (Å²) in [7, 11) is 0. The third kappa shape index (κ3) is 7.00. The molecule has 5 nitrogen and oxygen atoms in total. The van der Waals surface area contributed by atoms with Crippen LogP contribution in [0.2, 0.25) is 0 Å². The third-order valence-electron chi connectivity index (χ3n) is 4.76. The molecule has 0 aliphatic carbocycles. The van der Waals surface area contributed by atoms with Gasteiger partial charge in [-0.1, -0.05) is 66.7 Å². The number of carbonyl (C=O) groups is 2. The second kappa shape index (κ2) is 11.6. The van der Waals surface area contributed by atoms with Crippen LogP contribution in [0.15, 0.2) is 84.9 Å². The average molecular weight is 418 g/mol. The average Bonchev–Trinajstić information content (AvgIpc) is 2.80. The van der Waals surface area contributed by atoms with Crippen LogP contribution >= 0.6 is 0 Å². The van der Waals surface area contributed by atoms with E-state index in [-0.39, 0.29) is 12.5 Å². The van der Waals surface area contributed by atoms with E-state index < -0.39 is 12.0 Å². The predicted octanol–water partition coefficient (Wildman–Crippen LogP) is 4.21. The lowest BCUT2D eigenvalue weighted by Gasteiger charge is -2.18. The molecule has 1 N–H and O–H groups in total. The number of carbonyl (C=O) groups excluding carboxylic acids is 2. The quantitative estimate of drug-likeness (QED) is 0.502. The Morgan fingerprint density at radius 2 is 1.55 bits per heavy atom. The summed E-state index contributed by atoms with van der Waals surface area (Å²) >= 11 is 0. The molecular formula is C26H27NO4. The number of nitrogens with one attached hydrogen (secondary N) is 1. The first-order valence-electron chi connectivity index (χ1n) is 10.4. The van der Waals surface area contributed by atoms with Crippen molar-refractivity contribution in [1.82, 2.24) is 5.32 Å². The summed E-state index contributed by atoms with van der Waals surface area (Å²) in [5, 5.41) is 2.81. The van der Waals surface area contributed by atoms with Gasteiger partial charge in [0.25, 0.3) is 5.91 Å². The highest BCUT2D eigenvalue weighted by Crippen LogP contribution is 2.15. The lowest BCUT2D eigenvalue weighted by molar-refractivity contribution is -0.145. The molecule has 160 valence electrons. The topological polar surface area (TPSA) is 64.6 Å². The Kier molecular flexibility index (Phi) is 8.23. The monoisotopic (exact) mass is 417 g/mol. The van der Waals surface area contributed by atoms with Crippen LogP contribution in [0.25, 0.3) is 0 Å². The zero-order valence-electron chi connectivity index (χ0n) is 17.6. The van der Waals surface area contributed by atoms with Crippen molar-refractivity contribution in [2.45, 2.75) is 25.8 Å². The molecule has 3 aromatic carbocycles. The Morgan fingerprint density at radius 3 is 2.23 bits per heavy atom. The van der Waals surface area contributed by atoms with Gasteiger partial charge in [0, 0.05) is 18.4 Å². The van der Waals surface area contributed by atoms with Crippen LogP contribution in [0.1, 0.15) is 28.4 Å². The smallest absolute Gasteiger partial charge is 0.328 e. The summed E-state index contributed by atoms with van der Waals surface area (Å²) in [5.74, 6) is -0.184. The van der Waals surface area contributed by atoms with Gasteiger partial charge in [-0.05, 0) is 36.2 Å². The fourth-order valence-electron chi connectivity index (χ4n) is 3.19. The van der Waals surface area contributed by atoms with Crippen molar-refractivity contribution < 1.29 is 19.1 Å². The number of hydrogen-bond acceptors (Lipinski definition) is 4. The Bertz CT molecular complexity index is 973. The molecule has 0 heterocycles. The second-order valence-corrected chi connectivity index (χ2v) is 7.08. The minimum Gasteiger partial charge on any atom is -0.493 e. The molecule has 0 aliphatic heterocycles. The highest BCUT2D eigenvalue weighted by atomic mass is 16.5. The Hall–Kier alpha value is -3.60. The number of ether oxygens (including phenoxy) is 2.